The summed E-state index contributed by atoms with van der Waals surface area (Å²) in [7, 11) is 0. The number of nitrogens with one attached hydrogen (secondary N) is 1. The zero-order valence-electron chi connectivity index (χ0n) is 14.5. The van der Waals surface area contributed by atoms with Gasteiger partial charge in [-0.1, -0.05) is 13.8 Å². The number of carbonyl (C=O) groups is 1. The van der Waals surface area contributed by atoms with Crippen molar-refractivity contribution < 1.29 is 14.6 Å². The Morgan fingerprint density at radius 3 is 2.46 bits per heavy atom. The fourth-order valence-corrected chi connectivity index (χ4v) is 2.88. The Balaban J connectivity index is 2.08. The Morgan fingerprint density at radius 2 is 1.96 bits per heavy atom. The summed E-state index contributed by atoms with van der Waals surface area (Å²) in [6.07, 6.45) is 1.87. The maximum atomic E-state index is 11.7. The molecule has 0 fully saturated rings. The minimum absolute atomic E-state index is 0.507. The molecule has 0 aliphatic carbocycles. The first kappa shape index (κ1) is 18.4. The number of aliphatic hydroxyl groups is 1. The third kappa shape index (κ3) is 4.52. The highest BCUT2D eigenvalue weighted by atomic mass is 32.1. The van der Waals surface area contributed by atoms with Gasteiger partial charge in [0.05, 0.1) is 17.6 Å². The molecule has 2 aromatic rings. The van der Waals surface area contributed by atoms with Gasteiger partial charge in [0.2, 0.25) is 0 Å². The molecule has 1 amide bonds. The first-order valence-corrected chi connectivity index (χ1v) is 8.51. The predicted molar refractivity (Wildman–Crippen MR) is 94.2 cm³/mol. The van der Waals surface area contributed by atoms with Crippen LogP contribution in [-0.2, 0) is 10.2 Å². The molecule has 1 unspecified atom stereocenters. The Hall–Kier alpha value is -1.99. The van der Waals surface area contributed by atoms with Gasteiger partial charge >= 0.3 is 6.09 Å². The number of nitrogens with zero attached hydrogens (tertiary/aromatic N) is 2. The van der Waals surface area contributed by atoms with E-state index in [2.05, 4.69) is 15.3 Å². The highest BCUT2D eigenvalue weighted by Crippen LogP contribution is 2.37. The van der Waals surface area contributed by atoms with E-state index >= 15 is 0 Å². The molecule has 130 valence electrons. The number of carbonyl (C=O) groups excluding carboxylic acids is 1. The van der Waals surface area contributed by atoms with Crippen LogP contribution in [0, 0.1) is 0 Å². The van der Waals surface area contributed by atoms with Crippen molar-refractivity contribution in [2.24, 2.45) is 0 Å². The van der Waals surface area contributed by atoms with Crippen molar-refractivity contribution in [1.82, 2.24) is 9.97 Å². The van der Waals surface area contributed by atoms with Crippen molar-refractivity contribution in [1.29, 1.82) is 0 Å². The van der Waals surface area contributed by atoms with Crippen LogP contribution in [0.4, 0.5) is 10.5 Å². The van der Waals surface area contributed by atoms with Gasteiger partial charge < -0.3 is 9.84 Å². The van der Waals surface area contributed by atoms with Gasteiger partial charge in [0.25, 0.3) is 0 Å². The summed E-state index contributed by atoms with van der Waals surface area (Å²) in [4.78, 5) is 20.3. The Labute approximate surface area is 145 Å². The Kier molecular flexibility index (Phi) is 5.25. The van der Waals surface area contributed by atoms with E-state index in [0.717, 1.165) is 5.01 Å². The van der Waals surface area contributed by atoms with Crippen molar-refractivity contribution in [3.05, 3.63) is 40.6 Å². The number of amides is 1. The molecule has 7 heteroatoms. The predicted octanol–water partition coefficient (Wildman–Crippen LogP) is 3.90. The number of hydrogen-bond donors (Lipinski definition) is 2. The molecule has 2 heterocycles. The number of rotatable bonds is 4. The zero-order chi connectivity index (χ0) is 18.0. The van der Waals surface area contributed by atoms with E-state index in [9.17, 15) is 9.90 Å². The maximum absolute atomic E-state index is 11.7. The lowest BCUT2D eigenvalue weighted by atomic mass is 9.85. The Bertz CT molecular complexity index is 676. The van der Waals surface area contributed by atoms with Gasteiger partial charge in [0.15, 0.2) is 0 Å². The number of aromatic nitrogens is 2. The summed E-state index contributed by atoms with van der Waals surface area (Å²) in [5.74, 6) is 0. The molecule has 0 aliphatic rings. The van der Waals surface area contributed by atoms with E-state index in [1.807, 2.05) is 19.2 Å². The average Bonchev–Trinajstić information content (AvgIpc) is 3.00. The van der Waals surface area contributed by atoms with Gasteiger partial charge in [-0.2, -0.15) is 0 Å². The summed E-state index contributed by atoms with van der Waals surface area (Å²) in [6.45, 7) is 9.23. The van der Waals surface area contributed by atoms with E-state index in [0.29, 0.717) is 11.4 Å². The van der Waals surface area contributed by atoms with Crippen molar-refractivity contribution in [2.75, 3.05) is 5.32 Å². The molecule has 6 nitrogen and oxygen atoms in total. The van der Waals surface area contributed by atoms with Gasteiger partial charge in [0, 0.05) is 17.0 Å². The van der Waals surface area contributed by atoms with E-state index < -0.39 is 23.2 Å². The van der Waals surface area contributed by atoms with E-state index in [4.69, 9.17) is 4.74 Å². The minimum atomic E-state index is -0.806. The molecule has 2 rings (SSSR count). The molecule has 0 radical (unpaired) electrons. The molecule has 0 bridgehead atoms. The molecule has 2 N–H and O–H groups in total. The molecular formula is C17H23N3O3S. The van der Waals surface area contributed by atoms with Crippen molar-refractivity contribution in [2.45, 2.75) is 51.7 Å². The van der Waals surface area contributed by atoms with Crippen LogP contribution in [0.15, 0.2) is 29.9 Å². The molecule has 24 heavy (non-hydrogen) atoms. The second-order valence-electron chi connectivity index (χ2n) is 7.06. The van der Waals surface area contributed by atoms with Crippen LogP contribution < -0.4 is 5.32 Å². The average molecular weight is 349 g/mol. The molecule has 0 aromatic carbocycles. The van der Waals surface area contributed by atoms with Crippen LogP contribution >= 0.6 is 11.3 Å². The third-order valence-electron chi connectivity index (χ3n) is 3.38. The van der Waals surface area contributed by atoms with Crippen LogP contribution in [-0.4, -0.2) is 26.8 Å². The largest absolute Gasteiger partial charge is 0.444 e. The van der Waals surface area contributed by atoms with Crippen molar-refractivity contribution in [3.8, 4) is 0 Å². The van der Waals surface area contributed by atoms with Crippen LogP contribution in [0.25, 0.3) is 0 Å². The summed E-state index contributed by atoms with van der Waals surface area (Å²) >= 11 is 1.50. The number of hydrogen-bond acceptors (Lipinski definition) is 6. The van der Waals surface area contributed by atoms with Gasteiger partial charge in [-0.3, -0.25) is 10.3 Å². The third-order valence-corrected chi connectivity index (χ3v) is 4.49. The highest BCUT2D eigenvalue weighted by Gasteiger charge is 2.34. The monoisotopic (exact) mass is 349 g/mol. The van der Waals surface area contributed by atoms with Crippen LogP contribution in [0.1, 0.15) is 51.4 Å². The standard InChI is InChI=1S/C17H23N3O3S/c1-16(2,3)23-15(22)20-11-6-7-12(19-10-11)13(21)17(4,5)14-18-8-9-24-14/h6-10,13,21H,1-5H3,(H,20,22). The summed E-state index contributed by atoms with van der Waals surface area (Å²) in [5, 5.41) is 16.0. The van der Waals surface area contributed by atoms with Gasteiger partial charge in [-0.15, -0.1) is 11.3 Å². The first-order valence-electron chi connectivity index (χ1n) is 7.63. The molecule has 0 saturated carbocycles. The topological polar surface area (TPSA) is 84.3 Å². The van der Waals surface area contributed by atoms with Crippen molar-refractivity contribution >= 4 is 23.1 Å². The first-order chi connectivity index (χ1) is 11.1. The molecule has 0 saturated heterocycles. The number of aliphatic hydroxyl groups excluding tert-OH is 1. The van der Waals surface area contributed by atoms with Crippen LogP contribution in [0.3, 0.4) is 0 Å². The second kappa shape index (κ2) is 6.86. The van der Waals surface area contributed by atoms with Gasteiger partial charge in [-0.05, 0) is 32.9 Å². The van der Waals surface area contributed by atoms with Gasteiger partial charge in [-0.25, -0.2) is 9.78 Å². The lowest BCUT2D eigenvalue weighted by Crippen LogP contribution is -2.28. The normalized spacial score (nSPS) is 13.4. The zero-order valence-corrected chi connectivity index (χ0v) is 15.3. The van der Waals surface area contributed by atoms with Crippen molar-refractivity contribution in [3.63, 3.8) is 0 Å². The van der Waals surface area contributed by atoms with E-state index in [-0.39, 0.29) is 0 Å². The number of anilines is 1. The lowest BCUT2D eigenvalue weighted by molar-refractivity contribution is 0.0636. The second-order valence-corrected chi connectivity index (χ2v) is 7.95. The van der Waals surface area contributed by atoms with E-state index in [1.54, 1.807) is 39.1 Å². The fraction of sp³-hybridized carbons (Fsp3) is 0.471. The Morgan fingerprint density at radius 1 is 1.25 bits per heavy atom. The quantitative estimate of drug-likeness (QED) is 0.874. The SMILES string of the molecule is CC(C)(C)OC(=O)Nc1ccc(C(O)C(C)(C)c2nccs2)nc1. The molecule has 0 spiro atoms. The lowest BCUT2D eigenvalue weighted by Gasteiger charge is -2.28. The summed E-state index contributed by atoms with van der Waals surface area (Å²) in [6, 6.07) is 3.38. The fourth-order valence-electron chi connectivity index (χ4n) is 2.09. The molecule has 1 atom stereocenters. The van der Waals surface area contributed by atoms with Crippen LogP contribution in [0.2, 0.25) is 0 Å². The van der Waals surface area contributed by atoms with Gasteiger partial charge in [0.1, 0.15) is 16.7 Å². The molecular weight excluding hydrogens is 326 g/mol. The van der Waals surface area contributed by atoms with E-state index in [1.165, 1.54) is 17.5 Å². The minimum Gasteiger partial charge on any atom is -0.444 e. The summed E-state index contributed by atoms with van der Waals surface area (Å²) < 4.78 is 5.19. The highest BCUT2D eigenvalue weighted by molar-refractivity contribution is 7.09. The number of pyridine rings is 1. The summed E-state index contributed by atoms with van der Waals surface area (Å²) in [5.41, 5.74) is -0.0932. The smallest absolute Gasteiger partial charge is 0.412 e. The number of thiazole rings is 1. The van der Waals surface area contributed by atoms with Crippen LogP contribution in [0.5, 0.6) is 0 Å². The number of ether oxygens (including phenoxy) is 1. The maximum Gasteiger partial charge on any atom is 0.412 e. The molecule has 2 aromatic heterocycles. The molecule has 0 aliphatic heterocycles.